The highest BCUT2D eigenvalue weighted by Crippen LogP contribution is 2.25. The van der Waals surface area contributed by atoms with Crippen molar-refractivity contribution in [2.45, 2.75) is 51.0 Å². The predicted octanol–water partition coefficient (Wildman–Crippen LogP) is 1.85. The third kappa shape index (κ3) is 4.21. The van der Waals surface area contributed by atoms with Gasteiger partial charge >= 0.3 is 6.03 Å². The highest BCUT2D eigenvalue weighted by Gasteiger charge is 2.35. The number of rotatable bonds is 4. The fourth-order valence-corrected chi connectivity index (χ4v) is 4.32. The summed E-state index contributed by atoms with van der Waals surface area (Å²) < 4.78 is 5.22. The monoisotopic (exact) mass is 337 g/mol. The van der Waals surface area contributed by atoms with E-state index in [2.05, 4.69) is 5.32 Å². The van der Waals surface area contributed by atoms with Gasteiger partial charge in [0, 0.05) is 45.9 Å². The first-order valence-electron chi connectivity index (χ1n) is 9.50. The van der Waals surface area contributed by atoms with E-state index in [-0.39, 0.29) is 23.9 Å². The lowest BCUT2D eigenvalue weighted by Crippen LogP contribution is -2.46. The van der Waals surface area contributed by atoms with E-state index in [0.29, 0.717) is 19.0 Å². The summed E-state index contributed by atoms with van der Waals surface area (Å²) in [6.45, 7) is 3.90. The number of methoxy groups -OCH3 is 1. The average Bonchev–Trinajstić information content (AvgIpc) is 3.28. The molecule has 24 heavy (non-hydrogen) atoms. The molecular formula is C18H31N3O3. The molecule has 1 atom stereocenters. The maximum absolute atomic E-state index is 12.5. The number of hydrogen-bond donors (Lipinski definition) is 1. The van der Waals surface area contributed by atoms with Crippen LogP contribution in [0.2, 0.25) is 0 Å². The van der Waals surface area contributed by atoms with Gasteiger partial charge < -0.3 is 19.9 Å². The van der Waals surface area contributed by atoms with Gasteiger partial charge in [-0.1, -0.05) is 0 Å². The highest BCUT2D eigenvalue weighted by molar-refractivity contribution is 5.82. The third-order valence-corrected chi connectivity index (χ3v) is 5.82. The Balaban J connectivity index is 1.41. The first-order valence-corrected chi connectivity index (χ1v) is 9.50. The molecule has 1 unspecified atom stereocenters. The van der Waals surface area contributed by atoms with E-state index in [1.165, 1.54) is 0 Å². The van der Waals surface area contributed by atoms with Gasteiger partial charge in [-0.05, 0) is 50.9 Å². The molecule has 0 spiro atoms. The molecule has 0 aromatic rings. The van der Waals surface area contributed by atoms with Crippen LogP contribution < -0.4 is 5.32 Å². The van der Waals surface area contributed by atoms with Crippen molar-refractivity contribution in [3.8, 4) is 0 Å². The van der Waals surface area contributed by atoms with Crippen molar-refractivity contribution in [1.29, 1.82) is 0 Å². The highest BCUT2D eigenvalue weighted by atomic mass is 16.5. The Bertz CT molecular complexity index is 443. The molecule has 136 valence electrons. The topological polar surface area (TPSA) is 61.9 Å². The van der Waals surface area contributed by atoms with E-state index in [9.17, 15) is 9.59 Å². The first kappa shape index (κ1) is 17.5. The zero-order valence-corrected chi connectivity index (χ0v) is 14.8. The molecule has 1 N–H and O–H groups in total. The van der Waals surface area contributed by atoms with E-state index in [0.717, 1.165) is 64.6 Å². The summed E-state index contributed by atoms with van der Waals surface area (Å²) in [4.78, 5) is 28.7. The fourth-order valence-electron chi connectivity index (χ4n) is 4.32. The molecule has 6 heteroatoms. The SMILES string of the molecule is COCC1CCC(NC(=O)N2CCC(C(=O)N3CCCC3)C2)CC1. The van der Waals surface area contributed by atoms with Gasteiger partial charge in [-0.15, -0.1) is 0 Å². The Morgan fingerprint density at radius 2 is 1.71 bits per heavy atom. The number of carbonyl (C=O) groups excluding carboxylic acids is 2. The van der Waals surface area contributed by atoms with Crippen LogP contribution in [0.4, 0.5) is 4.79 Å². The zero-order valence-electron chi connectivity index (χ0n) is 14.8. The Hall–Kier alpha value is -1.30. The molecule has 6 nitrogen and oxygen atoms in total. The van der Waals surface area contributed by atoms with E-state index in [1.54, 1.807) is 7.11 Å². The minimum Gasteiger partial charge on any atom is -0.384 e. The lowest BCUT2D eigenvalue weighted by molar-refractivity contribution is -0.133. The summed E-state index contributed by atoms with van der Waals surface area (Å²) >= 11 is 0. The van der Waals surface area contributed by atoms with Crippen molar-refractivity contribution in [3.05, 3.63) is 0 Å². The fraction of sp³-hybridized carbons (Fsp3) is 0.889. The lowest BCUT2D eigenvalue weighted by Gasteiger charge is -2.30. The molecule has 0 aromatic heterocycles. The Labute approximate surface area is 144 Å². The van der Waals surface area contributed by atoms with E-state index >= 15 is 0 Å². The molecule has 3 fully saturated rings. The average molecular weight is 337 g/mol. The molecule has 1 aliphatic carbocycles. The van der Waals surface area contributed by atoms with Crippen LogP contribution in [-0.2, 0) is 9.53 Å². The first-order chi connectivity index (χ1) is 11.7. The molecule has 2 saturated heterocycles. The van der Waals surface area contributed by atoms with Crippen LogP contribution >= 0.6 is 0 Å². The minimum atomic E-state index is 0.00582. The second-order valence-corrected chi connectivity index (χ2v) is 7.59. The van der Waals surface area contributed by atoms with Gasteiger partial charge in [-0.25, -0.2) is 4.79 Å². The summed E-state index contributed by atoms with van der Waals surface area (Å²) in [6, 6.07) is 0.292. The Morgan fingerprint density at radius 1 is 1.00 bits per heavy atom. The van der Waals surface area contributed by atoms with Gasteiger partial charge in [0.25, 0.3) is 0 Å². The normalized spacial score (nSPS) is 30.6. The number of likely N-dealkylation sites (tertiary alicyclic amines) is 2. The number of hydrogen-bond acceptors (Lipinski definition) is 3. The van der Waals surface area contributed by atoms with Gasteiger partial charge in [-0.2, -0.15) is 0 Å². The molecule has 3 aliphatic rings. The van der Waals surface area contributed by atoms with Gasteiger partial charge in [0.2, 0.25) is 5.91 Å². The number of amides is 3. The molecular weight excluding hydrogens is 306 g/mol. The number of ether oxygens (including phenoxy) is 1. The summed E-state index contributed by atoms with van der Waals surface area (Å²) in [5.41, 5.74) is 0. The van der Waals surface area contributed by atoms with Gasteiger partial charge in [0.05, 0.1) is 5.92 Å². The molecule has 2 aliphatic heterocycles. The van der Waals surface area contributed by atoms with E-state index in [4.69, 9.17) is 4.74 Å². The van der Waals surface area contributed by atoms with E-state index < -0.39 is 0 Å². The van der Waals surface area contributed by atoms with Gasteiger partial charge in [0.1, 0.15) is 0 Å². The predicted molar refractivity (Wildman–Crippen MR) is 91.6 cm³/mol. The van der Waals surface area contributed by atoms with Gasteiger partial charge in [-0.3, -0.25) is 4.79 Å². The molecule has 1 saturated carbocycles. The van der Waals surface area contributed by atoms with Crippen LogP contribution in [-0.4, -0.2) is 67.7 Å². The number of nitrogens with zero attached hydrogens (tertiary/aromatic N) is 2. The minimum absolute atomic E-state index is 0.00582. The molecule has 3 rings (SSSR count). The largest absolute Gasteiger partial charge is 0.384 e. The van der Waals surface area contributed by atoms with Crippen LogP contribution in [0.15, 0.2) is 0 Å². The number of carbonyl (C=O) groups is 2. The van der Waals surface area contributed by atoms with Crippen LogP contribution in [0, 0.1) is 11.8 Å². The van der Waals surface area contributed by atoms with Crippen molar-refractivity contribution in [2.75, 3.05) is 39.9 Å². The summed E-state index contributed by atoms with van der Waals surface area (Å²) in [7, 11) is 1.75. The lowest BCUT2D eigenvalue weighted by atomic mass is 9.86. The van der Waals surface area contributed by atoms with Crippen LogP contribution in [0.25, 0.3) is 0 Å². The van der Waals surface area contributed by atoms with Crippen molar-refractivity contribution < 1.29 is 14.3 Å². The molecule has 0 bridgehead atoms. The summed E-state index contributed by atoms with van der Waals surface area (Å²) in [5.74, 6) is 0.895. The molecule has 0 radical (unpaired) electrons. The van der Waals surface area contributed by atoms with Crippen LogP contribution in [0.3, 0.4) is 0 Å². The maximum Gasteiger partial charge on any atom is 0.317 e. The molecule has 3 amide bonds. The van der Waals surface area contributed by atoms with Crippen LogP contribution in [0.1, 0.15) is 44.9 Å². The smallest absolute Gasteiger partial charge is 0.317 e. The number of nitrogens with one attached hydrogen (secondary N) is 1. The quantitative estimate of drug-likeness (QED) is 0.851. The second-order valence-electron chi connectivity index (χ2n) is 7.59. The Kier molecular flexibility index (Phi) is 5.98. The zero-order chi connectivity index (χ0) is 16.9. The third-order valence-electron chi connectivity index (χ3n) is 5.82. The van der Waals surface area contributed by atoms with Crippen LogP contribution in [0.5, 0.6) is 0 Å². The standard InChI is InChI=1S/C18H31N3O3/c1-24-13-14-4-6-16(7-5-14)19-18(23)21-11-8-15(12-21)17(22)20-9-2-3-10-20/h14-16H,2-13H2,1H3,(H,19,23). The number of urea groups is 1. The summed E-state index contributed by atoms with van der Waals surface area (Å²) in [5, 5.41) is 3.17. The molecule has 0 aromatic carbocycles. The van der Waals surface area contributed by atoms with Crippen molar-refractivity contribution in [2.24, 2.45) is 11.8 Å². The van der Waals surface area contributed by atoms with Crippen molar-refractivity contribution in [1.82, 2.24) is 15.1 Å². The second kappa shape index (κ2) is 8.19. The van der Waals surface area contributed by atoms with Crippen molar-refractivity contribution in [3.63, 3.8) is 0 Å². The van der Waals surface area contributed by atoms with Crippen molar-refractivity contribution >= 4 is 11.9 Å². The van der Waals surface area contributed by atoms with E-state index in [1.807, 2.05) is 9.80 Å². The summed E-state index contributed by atoms with van der Waals surface area (Å²) in [6.07, 6.45) is 7.35. The molecule has 2 heterocycles. The Morgan fingerprint density at radius 3 is 2.38 bits per heavy atom. The van der Waals surface area contributed by atoms with Gasteiger partial charge in [0.15, 0.2) is 0 Å². The maximum atomic E-state index is 12.5.